The predicted molar refractivity (Wildman–Crippen MR) is 94.0 cm³/mol. The monoisotopic (exact) mass is 532 g/mol. The summed E-state index contributed by atoms with van der Waals surface area (Å²) < 4.78 is 9.00. The molecule has 1 rings (SSSR count). The van der Waals surface area contributed by atoms with Crippen LogP contribution < -0.4 is 4.74 Å². The van der Waals surface area contributed by atoms with Gasteiger partial charge in [-0.2, -0.15) is 0 Å². The van der Waals surface area contributed by atoms with Gasteiger partial charge in [0.1, 0.15) is 12.4 Å². The fourth-order valence-electron chi connectivity index (χ4n) is 1.07. The molecule has 0 N–H and O–H groups in total. The van der Waals surface area contributed by atoms with E-state index in [1.807, 2.05) is 30.3 Å². The number of para-hydroxylation sites is 1. The minimum absolute atomic E-state index is 0.0159. The Bertz CT molecular complexity index is 486. The minimum atomic E-state index is -1.02. The van der Waals surface area contributed by atoms with Crippen molar-refractivity contribution < 1.29 is 14.3 Å². The van der Waals surface area contributed by atoms with Gasteiger partial charge in [-0.25, -0.2) is 4.79 Å². The molecule has 0 saturated heterocycles. The first-order valence-electron chi connectivity index (χ1n) is 5.48. The van der Waals surface area contributed by atoms with E-state index in [9.17, 15) is 4.79 Å². The molecule has 0 heterocycles. The van der Waals surface area contributed by atoms with Gasteiger partial charge in [-0.15, -0.1) is 0 Å². The minimum Gasteiger partial charge on any atom is -0.463 e. The maximum atomic E-state index is 11.4. The van der Waals surface area contributed by atoms with Gasteiger partial charge in [0.15, 0.2) is 3.23 Å². The number of rotatable bonds is 6. The van der Waals surface area contributed by atoms with E-state index in [0.29, 0.717) is 11.3 Å². The summed E-state index contributed by atoms with van der Waals surface area (Å²) in [5.41, 5.74) is 0.333. The Labute approximate surface area is 151 Å². The van der Waals surface area contributed by atoms with Gasteiger partial charge < -0.3 is 9.47 Å². The largest absolute Gasteiger partial charge is 0.463 e. The van der Waals surface area contributed by atoms with Crippen molar-refractivity contribution >= 4 is 69.7 Å². The summed E-state index contributed by atoms with van der Waals surface area (Å²) in [6, 6.07) is 9.23. The highest BCUT2D eigenvalue weighted by atomic mass is 79.9. The van der Waals surface area contributed by atoms with Gasteiger partial charge in [0, 0.05) is 5.57 Å². The van der Waals surface area contributed by atoms with E-state index in [1.54, 1.807) is 6.92 Å². The molecule has 1 aromatic rings. The zero-order chi connectivity index (χ0) is 15.4. The molecule has 0 saturated carbocycles. The number of carbonyl (C=O) groups excluding carboxylic acids is 1. The molecular formula is C13H12Br4O3. The van der Waals surface area contributed by atoms with E-state index in [2.05, 4.69) is 70.3 Å². The van der Waals surface area contributed by atoms with Gasteiger partial charge in [0.05, 0.1) is 0 Å². The molecule has 0 unspecified atom stereocenters. The molecule has 0 fully saturated rings. The highest BCUT2D eigenvalue weighted by Gasteiger charge is 2.48. The third-order valence-electron chi connectivity index (χ3n) is 2.15. The highest BCUT2D eigenvalue weighted by Crippen LogP contribution is 2.49. The molecule has 0 bridgehead atoms. The lowest BCUT2D eigenvalue weighted by Gasteiger charge is -2.34. The molecule has 20 heavy (non-hydrogen) atoms. The van der Waals surface area contributed by atoms with Crippen molar-refractivity contribution in [1.82, 2.24) is 0 Å². The van der Waals surface area contributed by atoms with E-state index < -0.39 is 12.6 Å². The average Bonchev–Trinajstić information content (AvgIpc) is 2.36. The molecule has 0 spiro atoms. The molecule has 1 aromatic carbocycles. The maximum Gasteiger partial charge on any atom is 0.333 e. The third kappa shape index (κ3) is 5.16. The van der Waals surface area contributed by atoms with Crippen LogP contribution in [-0.4, -0.2) is 19.2 Å². The van der Waals surface area contributed by atoms with E-state index in [4.69, 9.17) is 9.47 Å². The van der Waals surface area contributed by atoms with Crippen molar-refractivity contribution in [2.75, 3.05) is 6.61 Å². The van der Waals surface area contributed by atoms with Gasteiger partial charge >= 0.3 is 5.97 Å². The Morgan fingerprint density at radius 3 is 2.25 bits per heavy atom. The molecular weight excluding hydrogens is 524 g/mol. The number of benzene rings is 1. The number of esters is 1. The van der Waals surface area contributed by atoms with Crippen LogP contribution in [0.4, 0.5) is 0 Å². The van der Waals surface area contributed by atoms with Crippen LogP contribution in [0.15, 0.2) is 42.5 Å². The first kappa shape index (κ1) is 18.2. The Balaban J connectivity index is 2.73. The third-order valence-corrected chi connectivity index (χ3v) is 7.53. The Morgan fingerprint density at radius 2 is 1.75 bits per heavy atom. The summed E-state index contributed by atoms with van der Waals surface area (Å²) in [5, 5.41) is 0. The van der Waals surface area contributed by atoms with E-state index in [0.717, 1.165) is 0 Å². The molecule has 0 aliphatic rings. The van der Waals surface area contributed by atoms with Gasteiger partial charge in [-0.05, 0) is 50.9 Å². The lowest BCUT2D eigenvalue weighted by molar-refractivity contribution is -0.139. The lowest BCUT2D eigenvalue weighted by Crippen LogP contribution is -2.43. The summed E-state index contributed by atoms with van der Waals surface area (Å²) in [6.45, 7) is 5.13. The maximum absolute atomic E-state index is 11.4. The van der Waals surface area contributed by atoms with Crippen LogP contribution >= 0.6 is 63.7 Å². The topological polar surface area (TPSA) is 35.5 Å². The summed E-state index contributed by atoms with van der Waals surface area (Å²) in [5.74, 6) is 0.180. The molecule has 0 radical (unpaired) electrons. The number of hydrogen-bond donors (Lipinski definition) is 0. The van der Waals surface area contributed by atoms with Crippen molar-refractivity contribution in [3.8, 4) is 5.75 Å². The second kappa shape index (κ2) is 7.42. The van der Waals surface area contributed by atoms with Crippen molar-refractivity contribution in [2.24, 2.45) is 0 Å². The fraction of sp³-hybridized carbons (Fsp3) is 0.308. The summed E-state index contributed by atoms with van der Waals surface area (Å²) in [6.07, 6.45) is 0. The zero-order valence-electron chi connectivity index (χ0n) is 10.5. The van der Waals surface area contributed by atoms with Gasteiger partial charge in [0.2, 0.25) is 3.42 Å². The van der Waals surface area contributed by atoms with Gasteiger partial charge in [-0.1, -0.05) is 56.6 Å². The average molecular weight is 536 g/mol. The smallest absolute Gasteiger partial charge is 0.333 e. The van der Waals surface area contributed by atoms with E-state index in [1.165, 1.54) is 0 Å². The second-order valence-corrected chi connectivity index (χ2v) is 11.1. The standard InChI is InChI=1S/C13H12Br4O3/c1-9(2)11(18)19-8-12(14,15)13(16,17)20-10-6-4-3-5-7-10/h3-7H,1,8H2,2H3. The molecule has 110 valence electrons. The summed E-state index contributed by atoms with van der Waals surface area (Å²) in [7, 11) is 0. The van der Waals surface area contributed by atoms with Gasteiger partial charge in [-0.3, -0.25) is 0 Å². The van der Waals surface area contributed by atoms with Gasteiger partial charge in [0.25, 0.3) is 0 Å². The number of hydrogen-bond acceptors (Lipinski definition) is 3. The molecule has 7 heteroatoms. The molecule has 0 aromatic heterocycles. The molecule has 0 aliphatic heterocycles. The first-order valence-corrected chi connectivity index (χ1v) is 8.65. The number of halogens is 4. The fourth-order valence-corrected chi connectivity index (χ4v) is 2.07. The Morgan fingerprint density at radius 1 is 1.20 bits per heavy atom. The zero-order valence-corrected chi connectivity index (χ0v) is 16.9. The lowest BCUT2D eigenvalue weighted by atomic mass is 10.3. The Hall–Kier alpha value is 0.150. The summed E-state index contributed by atoms with van der Waals surface area (Å²) in [4.78, 5) is 11.4. The normalized spacial score (nSPS) is 11.8. The first-order chi connectivity index (χ1) is 9.16. The van der Waals surface area contributed by atoms with Crippen LogP contribution in [0.3, 0.4) is 0 Å². The predicted octanol–water partition coefficient (Wildman–Crippen LogP) is 5.11. The van der Waals surface area contributed by atoms with Crippen LogP contribution in [0, 0.1) is 0 Å². The van der Waals surface area contributed by atoms with Crippen LogP contribution in [0.25, 0.3) is 0 Å². The molecule has 0 amide bonds. The van der Waals surface area contributed by atoms with Crippen LogP contribution in [0.2, 0.25) is 0 Å². The van der Waals surface area contributed by atoms with Crippen LogP contribution in [0.5, 0.6) is 5.75 Å². The molecule has 0 atom stereocenters. The Kier molecular flexibility index (Phi) is 6.76. The SMILES string of the molecule is C=C(C)C(=O)OCC(Br)(Br)C(Br)(Br)Oc1ccccc1. The highest BCUT2D eigenvalue weighted by molar-refractivity contribution is 9.30. The number of alkyl halides is 4. The summed E-state index contributed by atoms with van der Waals surface area (Å²) >= 11 is 13.7. The quantitative estimate of drug-likeness (QED) is 0.288. The van der Waals surface area contributed by atoms with Crippen molar-refractivity contribution in [3.63, 3.8) is 0 Å². The number of ether oxygens (including phenoxy) is 2. The van der Waals surface area contributed by atoms with Crippen molar-refractivity contribution in [2.45, 2.75) is 13.6 Å². The van der Waals surface area contributed by atoms with E-state index >= 15 is 0 Å². The second-order valence-electron chi connectivity index (χ2n) is 3.99. The van der Waals surface area contributed by atoms with Crippen LogP contribution in [0.1, 0.15) is 6.92 Å². The van der Waals surface area contributed by atoms with E-state index in [-0.39, 0.29) is 6.61 Å². The van der Waals surface area contributed by atoms with Crippen molar-refractivity contribution in [1.29, 1.82) is 0 Å². The number of carbonyl (C=O) groups is 1. The molecule has 3 nitrogen and oxygen atoms in total. The van der Waals surface area contributed by atoms with Crippen LogP contribution in [-0.2, 0) is 9.53 Å². The molecule has 0 aliphatic carbocycles. The van der Waals surface area contributed by atoms with Crippen molar-refractivity contribution in [3.05, 3.63) is 42.5 Å².